The molecule has 1 saturated heterocycles. The molecule has 1 N–H and O–H groups in total. The van der Waals surface area contributed by atoms with E-state index in [1.54, 1.807) is 0 Å². The lowest BCUT2D eigenvalue weighted by Crippen LogP contribution is -2.51. The van der Waals surface area contributed by atoms with Gasteiger partial charge in [-0.05, 0) is 36.5 Å². The first-order valence-electron chi connectivity index (χ1n) is 9.57. The first-order valence-corrected chi connectivity index (χ1v) is 9.57. The van der Waals surface area contributed by atoms with Gasteiger partial charge in [-0.3, -0.25) is 0 Å². The zero-order chi connectivity index (χ0) is 16.9. The topological polar surface area (TPSA) is 24.5 Å². The maximum atomic E-state index is 5.75. The largest absolute Gasteiger partial charge is 0.494 e. The van der Waals surface area contributed by atoms with Gasteiger partial charge in [-0.1, -0.05) is 48.5 Å². The maximum Gasteiger partial charge on any atom is 0.119 e. The van der Waals surface area contributed by atoms with Crippen molar-refractivity contribution in [3.8, 4) is 5.75 Å². The molecule has 3 heteroatoms. The number of para-hydroxylation sites is 1. The second-order valence-electron chi connectivity index (χ2n) is 7.41. The smallest absolute Gasteiger partial charge is 0.119 e. The Morgan fingerprint density at radius 1 is 0.960 bits per heavy atom. The van der Waals surface area contributed by atoms with Gasteiger partial charge in [0.05, 0.1) is 6.61 Å². The molecule has 0 aromatic heterocycles. The van der Waals surface area contributed by atoms with Crippen LogP contribution in [0.25, 0.3) is 0 Å². The van der Waals surface area contributed by atoms with Crippen molar-refractivity contribution in [3.63, 3.8) is 0 Å². The molecule has 4 rings (SSSR count). The van der Waals surface area contributed by atoms with Crippen molar-refractivity contribution >= 4 is 0 Å². The van der Waals surface area contributed by atoms with Gasteiger partial charge in [-0.2, -0.15) is 0 Å². The minimum atomic E-state index is 0.704. The highest BCUT2D eigenvalue weighted by molar-refractivity contribution is 5.27. The molecule has 2 aromatic carbocycles. The second-order valence-corrected chi connectivity index (χ2v) is 7.41. The fourth-order valence-corrected chi connectivity index (χ4v) is 3.79. The van der Waals surface area contributed by atoms with Gasteiger partial charge in [0.2, 0.25) is 0 Å². The van der Waals surface area contributed by atoms with E-state index >= 15 is 0 Å². The minimum absolute atomic E-state index is 0.704. The van der Waals surface area contributed by atoms with Gasteiger partial charge in [0, 0.05) is 38.1 Å². The summed E-state index contributed by atoms with van der Waals surface area (Å²) in [7, 11) is 0. The molecular formula is C22H28N2O. The molecule has 0 bridgehead atoms. The van der Waals surface area contributed by atoms with Crippen molar-refractivity contribution in [2.45, 2.75) is 24.8 Å². The summed E-state index contributed by atoms with van der Waals surface area (Å²) in [4.78, 5) is 2.54. The fourth-order valence-electron chi connectivity index (χ4n) is 3.79. The van der Waals surface area contributed by atoms with Crippen LogP contribution in [0, 0.1) is 5.92 Å². The Bertz CT molecular complexity index is 640. The monoisotopic (exact) mass is 336 g/mol. The molecule has 2 fully saturated rings. The van der Waals surface area contributed by atoms with Crippen molar-refractivity contribution in [2.24, 2.45) is 5.92 Å². The molecule has 2 aromatic rings. The number of nitrogens with one attached hydrogen (secondary N) is 1. The van der Waals surface area contributed by atoms with Crippen LogP contribution in [0.15, 0.2) is 60.7 Å². The Balaban J connectivity index is 1.05. The number of nitrogens with zero attached hydrogens (tertiary/aromatic N) is 1. The molecule has 132 valence electrons. The second kappa shape index (κ2) is 8.03. The molecule has 0 spiro atoms. The average Bonchev–Trinajstić information content (AvgIpc) is 3.40. The van der Waals surface area contributed by atoms with E-state index in [4.69, 9.17) is 4.74 Å². The molecule has 2 aliphatic rings. The van der Waals surface area contributed by atoms with Crippen LogP contribution in [0.1, 0.15) is 24.3 Å². The van der Waals surface area contributed by atoms with Crippen LogP contribution in [0.2, 0.25) is 0 Å². The van der Waals surface area contributed by atoms with Crippen molar-refractivity contribution < 1.29 is 4.74 Å². The lowest BCUT2D eigenvalue weighted by atomic mass is 10.00. The summed E-state index contributed by atoms with van der Waals surface area (Å²) in [5, 5.41) is 3.77. The van der Waals surface area contributed by atoms with Crippen molar-refractivity contribution in [2.75, 3.05) is 32.8 Å². The van der Waals surface area contributed by atoms with E-state index < -0.39 is 0 Å². The van der Waals surface area contributed by atoms with E-state index in [2.05, 4.69) is 40.5 Å². The average molecular weight is 336 g/mol. The summed E-state index contributed by atoms with van der Waals surface area (Å²) < 4.78 is 5.75. The normalized spacial score (nSPS) is 23.2. The highest BCUT2D eigenvalue weighted by atomic mass is 16.5. The molecular weight excluding hydrogens is 308 g/mol. The van der Waals surface area contributed by atoms with Crippen molar-refractivity contribution in [3.05, 3.63) is 66.2 Å². The number of hydrogen-bond acceptors (Lipinski definition) is 3. The molecule has 0 amide bonds. The summed E-state index contributed by atoms with van der Waals surface area (Å²) in [6.07, 6.45) is 2.41. The highest BCUT2D eigenvalue weighted by Gasteiger charge is 2.38. The van der Waals surface area contributed by atoms with Gasteiger partial charge in [0.15, 0.2) is 0 Å². The summed E-state index contributed by atoms with van der Waals surface area (Å²) in [6.45, 7) is 5.61. The molecule has 3 nitrogen and oxygen atoms in total. The number of ether oxygens (including phenoxy) is 1. The van der Waals surface area contributed by atoms with Gasteiger partial charge in [0.1, 0.15) is 5.75 Å². The van der Waals surface area contributed by atoms with Crippen LogP contribution in [-0.2, 0) is 0 Å². The van der Waals surface area contributed by atoms with Gasteiger partial charge in [0.25, 0.3) is 0 Å². The molecule has 0 radical (unpaired) electrons. The van der Waals surface area contributed by atoms with Crippen LogP contribution in [0.3, 0.4) is 0 Å². The van der Waals surface area contributed by atoms with E-state index in [9.17, 15) is 0 Å². The van der Waals surface area contributed by atoms with E-state index in [0.29, 0.717) is 6.04 Å². The number of hydrogen-bond donors (Lipinski definition) is 1. The predicted octanol–water partition coefficient (Wildman–Crippen LogP) is 3.53. The molecule has 25 heavy (non-hydrogen) atoms. The van der Waals surface area contributed by atoms with Gasteiger partial charge in [-0.15, -0.1) is 0 Å². The number of likely N-dealkylation sites (tertiary alicyclic amines) is 1. The third kappa shape index (κ3) is 4.62. The minimum Gasteiger partial charge on any atom is -0.494 e. The third-order valence-corrected chi connectivity index (χ3v) is 5.35. The van der Waals surface area contributed by atoms with Gasteiger partial charge >= 0.3 is 0 Å². The van der Waals surface area contributed by atoms with Crippen LogP contribution in [-0.4, -0.2) is 43.7 Å². The van der Waals surface area contributed by atoms with Crippen LogP contribution >= 0.6 is 0 Å². The first kappa shape index (κ1) is 16.6. The quantitative estimate of drug-likeness (QED) is 0.709. The lowest BCUT2D eigenvalue weighted by Gasteiger charge is -2.39. The Hall–Kier alpha value is -1.84. The predicted molar refractivity (Wildman–Crippen MR) is 102 cm³/mol. The lowest BCUT2D eigenvalue weighted by molar-refractivity contribution is 0.0924. The molecule has 1 aliphatic heterocycles. The van der Waals surface area contributed by atoms with E-state index in [0.717, 1.165) is 37.2 Å². The molecule has 1 saturated carbocycles. The summed E-state index contributed by atoms with van der Waals surface area (Å²) in [6, 6.07) is 21.7. The van der Waals surface area contributed by atoms with Crippen LogP contribution in [0.4, 0.5) is 0 Å². The van der Waals surface area contributed by atoms with E-state index in [-0.39, 0.29) is 0 Å². The van der Waals surface area contributed by atoms with Gasteiger partial charge < -0.3 is 15.0 Å². The third-order valence-electron chi connectivity index (χ3n) is 5.35. The van der Waals surface area contributed by atoms with Crippen molar-refractivity contribution in [1.29, 1.82) is 0 Å². The SMILES string of the molecule is c1ccc(OCCCN2CC(CNC3CC3c3ccccc3)C2)cc1. The summed E-state index contributed by atoms with van der Waals surface area (Å²) in [5.74, 6) is 2.55. The Labute approximate surface area is 151 Å². The highest BCUT2D eigenvalue weighted by Crippen LogP contribution is 2.40. The fraction of sp³-hybridized carbons (Fsp3) is 0.455. The van der Waals surface area contributed by atoms with Gasteiger partial charge in [-0.25, -0.2) is 0 Å². The maximum absolute atomic E-state index is 5.75. The number of benzene rings is 2. The Morgan fingerprint density at radius 2 is 1.68 bits per heavy atom. The zero-order valence-corrected chi connectivity index (χ0v) is 14.8. The van der Waals surface area contributed by atoms with Crippen LogP contribution in [0.5, 0.6) is 5.75 Å². The number of rotatable bonds is 9. The van der Waals surface area contributed by atoms with E-state index in [1.165, 1.54) is 31.6 Å². The zero-order valence-electron chi connectivity index (χ0n) is 14.8. The molecule has 2 atom stereocenters. The molecule has 2 unspecified atom stereocenters. The summed E-state index contributed by atoms with van der Waals surface area (Å²) in [5.41, 5.74) is 1.49. The Morgan fingerprint density at radius 3 is 2.44 bits per heavy atom. The Kier molecular flexibility index (Phi) is 5.34. The molecule has 1 aliphatic carbocycles. The standard InChI is InChI=1S/C22H28N2O/c1-3-8-19(9-4-1)21-14-22(21)23-15-18-16-24(17-18)12-7-13-25-20-10-5-2-6-11-20/h1-6,8-11,18,21-23H,7,12-17H2. The van der Waals surface area contributed by atoms with Crippen molar-refractivity contribution in [1.82, 2.24) is 10.2 Å². The van der Waals surface area contributed by atoms with Crippen LogP contribution < -0.4 is 10.1 Å². The summed E-state index contributed by atoms with van der Waals surface area (Å²) >= 11 is 0. The first-order chi connectivity index (χ1) is 12.4. The van der Waals surface area contributed by atoms with E-state index in [1.807, 2.05) is 30.3 Å². The molecule has 1 heterocycles.